The summed E-state index contributed by atoms with van der Waals surface area (Å²) in [6.07, 6.45) is 7.83. The van der Waals surface area contributed by atoms with E-state index in [4.69, 9.17) is 5.41 Å². The number of rotatable bonds is 6. The molecule has 1 heterocycles. The van der Waals surface area contributed by atoms with E-state index in [1.165, 1.54) is 19.3 Å². The monoisotopic (exact) mass is 313 g/mol. The lowest BCUT2D eigenvalue weighted by Crippen LogP contribution is -2.30. The highest BCUT2D eigenvalue weighted by Crippen LogP contribution is 2.25. The average Bonchev–Trinajstić information content (AvgIpc) is 2.86. The highest BCUT2D eigenvalue weighted by atomic mass is 16.1. The predicted molar refractivity (Wildman–Crippen MR) is 92.3 cm³/mol. The Morgan fingerprint density at radius 1 is 1.13 bits per heavy atom. The first-order valence-corrected chi connectivity index (χ1v) is 8.97. The quantitative estimate of drug-likeness (QED) is 0.864. The van der Waals surface area contributed by atoms with Crippen LogP contribution in [0.3, 0.4) is 0 Å². The van der Waals surface area contributed by atoms with Crippen LogP contribution in [0.1, 0.15) is 51.9 Å². The molecule has 1 aliphatic rings. The lowest BCUT2D eigenvalue weighted by molar-refractivity contribution is -0.124. The van der Waals surface area contributed by atoms with Crippen molar-refractivity contribution < 1.29 is 4.79 Å². The Kier molecular flexibility index (Phi) is 4.99. The second-order valence-corrected chi connectivity index (χ2v) is 6.70. The van der Waals surface area contributed by atoms with Crippen LogP contribution >= 0.6 is 0 Å². The van der Waals surface area contributed by atoms with E-state index in [9.17, 15) is 4.79 Å². The molecule has 1 N–H and O–H groups in total. The van der Waals surface area contributed by atoms with Crippen molar-refractivity contribution in [3.05, 3.63) is 29.9 Å². The van der Waals surface area contributed by atoms with Crippen molar-refractivity contribution in [2.75, 3.05) is 0 Å². The molecule has 124 valence electrons. The smallest absolute Gasteiger partial charge is 0.203 e. The van der Waals surface area contributed by atoms with Crippen LogP contribution in [0.15, 0.2) is 24.3 Å². The molecular formula is C19H27N3O. The van der Waals surface area contributed by atoms with E-state index in [-0.39, 0.29) is 5.92 Å². The van der Waals surface area contributed by atoms with Gasteiger partial charge in [-0.3, -0.25) is 10.2 Å². The number of benzene rings is 1. The van der Waals surface area contributed by atoms with Crippen molar-refractivity contribution >= 4 is 16.8 Å². The number of unbranched alkanes of at least 4 members (excludes halogenated alkanes) is 1. The first-order chi connectivity index (χ1) is 11.2. The minimum absolute atomic E-state index is 0.202. The van der Waals surface area contributed by atoms with Gasteiger partial charge in [0.1, 0.15) is 0 Å². The second kappa shape index (κ2) is 7.16. The third-order valence-corrected chi connectivity index (χ3v) is 5.08. The van der Waals surface area contributed by atoms with Crippen molar-refractivity contribution in [3.8, 4) is 0 Å². The fraction of sp³-hybridized carbons (Fsp3) is 0.579. The van der Waals surface area contributed by atoms with E-state index in [1.807, 2.05) is 27.3 Å². The summed E-state index contributed by atoms with van der Waals surface area (Å²) in [5, 5.41) is 8.53. The number of ketones is 1. The molecule has 1 aromatic carbocycles. The maximum atomic E-state index is 12.7. The van der Waals surface area contributed by atoms with Crippen LogP contribution in [0.2, 0.25) is 0 Å². The normalized spacial score (nSPS) is 16.0. The minimum Gasteiger partial charge on any atom is -0.310 e. The summed E-state index contributed by atoms with van der Waals surface area (Å²) in [6, 6.07) is 8.10. The van der Waals surface area contributed by atoms with E-state index in [1.54, 1.807) is 0 Å². The Labute approximate surface area is 137 Å². The Bertz CT molecular complexity index is 735. The number of carbonyl (C=O) groups is 1. The molecule has 2 aromatic rings. The molecule has 0 aliphatic heterocycles. The third-order valence-electron chi connectivity index (χ3n) is 5.08. The highest BCUT2D eigenvalue weighted by molar-refractivity contribution is 5.83. The number of aryl methyl sites for hydroxylation is 1. The van der Waals surface area contributed by atoms with Crippen LogP contribution in [0, 0.1) is 11.3 Å². The van der Waals surface area contributed by atoms with Crippen molar-refractivity contribution in [2.45, 2.75) is 65.0 Å². The number of Topliss-reactive ketones (excluding diaryl/α,β-unsaturated/α-hetero) is 1. The van der Waals surface area contributed by atoms with E-state index in [2.05, 4.69) is 13.0 Å². The van der Waals surface area contributed by atoms with Crippen molar-refractivity contribution in [3.63, 3.8) is 0 Å². The van der Waals surface area contributed by atoms with Crippen LogP contribution < -0.4 is 5.62 Å². The Balaban J connectivity index is 1.92. The summed E-state index contributed by atoms with van der Waals surface area (Å²) in [7, 11) is 0. The molecule has 0 unspecified atom stereocenters. The molecule has 0 amide bonds. The zero-order chi connectivity index (χ0) is 16.2. The maximum absolute atomic E-state index is 12.7. The molecule has 1 fully saturated rings. The van der Waals surface area contributed by atoms with Gasteiger partial charge in [0.2, 0.25) is 5.62 Å². The lowest BCUT2D eigenvalue weighted by atomic mass is 9.86. The minimum atomic E-state index is 0.202. The van der Waals surface area contributed by atoms with E-state index in [0.717, 1.165) is 43.3 Å². The number of fused-ring (bicyclic) bond motifs is 1. The van der Waals surface area contributed by atoms with Gasteiger partial charge in [-0.2, -0.15) is 0 Å². The molecule has 0 bridgehead atoms. The van der Waals surface area contributed by atoms with Gasteiger partial charge < -0.3 is 9.13 Å². The van der Waals surface area contributed by atoms with Crippen molar-refractivity contribution in [1.82, 2.24) is 9.13 Å². The SMILES string of the molecule is CCCCn1c(=N)n(CC(=O)C2CCCCC2)c2ccccc21. The first-order valence-electron chi connectivity index (χ1n) is 8.97. The third kappa shape index (κ3) is 3.26. The lowest BCUT2D eigenvalue weighted by Gasteiger charge is -2.20. The molecule has 0 radical (unpaired) electrons. The van der Waals surface area contributed by atoms with Gasteiger partial charge >= 0.3 is 0 Å². The molecule has 3 rings (SSSR count). The van der Waals surface area contributed by atoms with Crippen molar-refractivity contribution in [1.29, 1.82) is 5.41 Å². The summed E-state index contributed by atoms with van der Waals surface area (Å²) in [6.45, 7) is 3.36. The van der Waals surface area contributed by atoms with Gasteiger partial charge in [-0.25, -0.2) is 0 Å². The van der Waals surface area contributed by atoms with Crippen molar-refractivity contribution in [2.24, 2.45) is 5.92 Å². The molecule has 0 spiro atoms. The van der Waals surface area contributed by atoms with Gasteiger partial charge in [0.15, 0.2) is 5.78 Å². The van der Waals surface area contributed by atoms with Crippen LogP contribution in [-0.2, 0) is 17.9 Å². The largest absolute Gasteiger partial charge is 0.310 e. The van der Waals surface area contributed by atoms with E-state index >= 15 is 0 Å². The Morgan fingerprint density at radius 2 is 1.78 bits per heavy atom. The van der Waals surface area contributed by atoms with Crippen LogP contribution in [0.5, 0.6) is 0 Å². The fourth-order valence-electron chi connectivity index (χ4n) is 3.71. The molecule has 0 atom stereocenters. The topological polar surface area (TPSA) is 50.8 Å². The molecular weight excluding hydrogens is 286 g/mol. The zero-order valence-electron chi connectivity index (χ0n) is 14.1. The molecule has 4 heteroatoms. The van der Waals surface area contributed by atoms with Gasteiger partial charge in [0.05, 0.1) is 17.6 Å². The fourth-order valence-corrected chi connectivity index (χ4v) is 3.71. The molecule has 1 aliphatic carbocycles. The van der Waals surface area contributed by atoms with Gasteiger partial charge in [-0.15, -0.1) is 0 Å². The molecule has 23 heavy (non-hydrogen) atoms. The van der Waals surface area contributed by atoms with Crippen LogP contribution in [0.25, 0.3) is 11.0 Å². The van der Waals surface area contributed by atoms with Gasteiger partial charge in [-0.1, -0.05) is 44.7 Å². The number of para-hydroxylation sites is 2. The maximum Gasteiger partial charge on any atom is 0.203 e. The standard InChI is InChI=1S/C19H27N3O/c1-2-3-13-21-16-11-7-8-12-17(16)22(19(21)20)14-18(23)15-9-5-4-6-10-15/h7-8,11-12,15,20H,2-6,9-10,13-14H2,1H3. The second-order valence-electron chi connectivity index (χ2n) is 6.70. The molecule has 4 nitrogen and oxygen atoms in total. The number of nitrogens with zero attached hydrogens (tertiary/aromatic N) is 2. The molecule has 0 saturated heterocycles. The first kappa shape index (κ1) is 16.0. The number of imidazole rings is 1. The van der Waals surface area contributed by atoms with E-state index < -0.39 is 0 Å². The summed E-state index contributed by atoms with van der Waals surface area (Å²) >= 11 is 0. The predicted octanol–water partition coefficient (Wildman–Crippen LogP) is 3.87. The van der Waals surface area contributed by atoms with E-state index in [0.29, 0.717) is 17.9 Å². The summed E-state index contributed by atoms with van der Waals surface area (Å²) in [5.74, 6) is 0.509. The summed E-state index contributed by atoms with van der Waals surface area (Å²) < 4.78 is 3.95. The number of aromatic nitrogens is 2. The average molecular weight is 313 g/mol. The van der Waals surface area contributed by atoms with Crippen LogP contribution in [0.4, 0.5) is 0 Å². The number of hydrogen-bond acceptors (Lipinski definition) is 2. The Hall–Kier alpha value is -1.84. The summed E-state index contributed by atoms with van der Waals surface area (Å²) in [5.41, 5.74) is 2.55. The van der Waals surface area contributed by atoms with Gasteiger partial charge in [0.25, 0.3) is 0 Å². The number of hydrogen-bond donors (Lipinski definition) is 1. The molecule has 1 saturated carbocycles. The Morgan fingerprint density at radius 3 is 2.43 bits per heavy atom. The number of nitrogens with one attached hydrogen (secondary N) is 1. The van der Waals surface area contributed by atoms with Gasteiger partial charge in [-0.05, 0) is 31.4 Å². The molecule has 1 aromatic heterocycles. The zero-order valence-corrected chi connectivity index (χ0v) is 14.1. The highest BCUT2D eigenvalue weighted by Gasteiger charge is 2.22. The van der Waals surface area contributed by atoms with Gasteiger partial charge in [0, 0.05) is 12.5 Å². The van der Waals surface area contributed by atoms with Crippen LogP contribution in [-0.4, -0.2) is 14.9 Å². The summed E-state index contributed by atoms with van der Waals surface area (Å²) in [4.78, 5) is 12.7. The number of carbonyl (C=O) groups excluding carboxylic acids is 1.